The van der Waals surface area contributed by atoms with Crippen molar-refractivity contribution in [1.82, 2.24) is 0 Å². The molecule has 2 N–H and O–H groups in total. The molecule has 5 heteroatoms. The summed E-state index contributed by atoms with van der Waals surface area (Å²) >= 11 is 24.0. The third-order valence-corrected chi connectivity index (χ3v) is 3.97. The molecule has 100 valence electrons. The molecule has 2 aromatic carbocycles. The van der Waals surface area contributed by atoms with Gasteiger partial charge in [0.1, 0.15) is 0 Å². The fraction of sp³-hybridized carbons (Fsp3) is 0.143. The number of benzene rings is 2. The first-order valence-electron chi connectivity index (χ1n) is 5.62. The van der Waals surface area contributed by atoms with E-state index in [1.165, 1.54) is 0 Å². The van der Waals surface area contributed by atoms with Gasteiger partial charge in [0, 0.05) is 26.1 Å². The van der Waals surface area contributed by atoms with Crippen LogP contribution in [0, 0.1) is 0 Å². The Labute approximate surface area is 132 Å². The van der Waals surface area contributed by atoms with Gasteiger partial charge < -0.3 is 5.73 Å². The van der Waals surface area contributed by atoms with Gasteiger partial charge in [0.05, 0.1) is 0 Å². The van der Waals surface area contributed by atoms with E-state index in [9.17, 15) is 0 Å². The predicted molar refractivity (Wildman–Crippen MR) is 83.6 cm³/mol. The van der Waals surface area contributed by atoms with Gasteiger partial charge in [-0.05, 0) is 41.8 Å². The summed E-state index contributed by atoms with van der Waals surface area (Å²) in [6.07, 6.45) is 0.581. The fourth-order valence-electron chi connectivity index (χ4n) is 1.84. The van der Waals surface area contributed by atoms with E-state index >= 15 is 0 Å². The zero-order valence-corrected chi connectivity index (χ0v) is 12.9. The maximum atomic E-state index is 6.17. The van der Waals surface area contributed by atoms with Crippen molar-refractivity contribution >= 4 is 46.4 Å². The number of rotatable bonds is 3. The van der Waals surface area contributed by atoms with E-state index in [4.69, 9.17) is 52.1 Å². The molecule has 2 rings (SSSR count). The molecule has 0 radical (unpaired) electrons. The van der Waals surface area contributed by atoms with Gasteiger partial charge in [0.15, 0.2) is 0 Å². The highest BCUT2D eigenvalue weighted by atomic mass is 35.5. The zero-order valence-electron chi connectivity index (χ0n) is 9.84. The summed E-state index contributed by atoms with van der Waals surface area (Å²) in [5.74, 6) is 0. The molecule has 0 aromatic heterocycles. The lowest BCUT2D eigenvalue weighted by molar-refractivity contribution is 0.722. The third-order valence-electron chi connectivity index (χ3n) is 2.82. The lowest BCUT2D eigenvalue weighted by atomic mass is 9.99. The number of hydrogen-bond acceptors (Lipinski definition) is 1. The summed E-state index contributed by atoms with van der Waals surface area (Å²) in [5, 5.41) is 2.36. The molecule has 2 aromatic rings. The Bertz CT molecular complexity index is 598. The highest BCUT2D eigenvalue weighted by molar-refractivity contribution is 6.35. The van der Waals surface area contributed by atoms with E-state index in [0.717, 1.165) is 11.1 Å². The van der Waals surface area contributed by atoms with E-state index in [-0.39, 0.29) is 6.04 Å². The van der Waals surface area contributed by atoms with Crippen LogP contribution < -0.4 is 5.73 Å². The Hall–Kier alpha value is -0.440. The summed E-state index contributed by atoms with van der Waals surface area (Å²) in [7, 11) is 0. The van der Waals surface area contributed by atoms with E-state index in [0.29, 0.717) is 26.5 Å². The van der Waals surface area contributed by atoms with Crippen molar-refractivity contribution in [1.29, 1.82) is 0 Å². The highest BCUT2D eigenvalue weighted by Crippen LogP contribution is 2.29. The van der Waals surface area contributed by atoms with Crippen LogP contribution in [0.2, 0.25) is 20.1 Å². The molecule has 0 heterocycles. The molecule has 0 aliphatic heterocycles. The molecule has 0 amide bonds. The van der Waals surface area contributed by atoms with Gasteiger partial charge in [-0.25, -0.2) is 0 Å². The monoisotopic (exact) mass is 333 g/mol. The third kappa shape index (κ3) is 3.77. The first-order valence-corrected chi connectivity index (χ1v) is 7.13. The Kier molecular flexibility index (Phi) is 4.99. The SMILES string of the molecule is NC(Cc1ccc(Cl)cc1Cl)c1ccc(Cl)cc1Cl. The smallest absolute Gasteiger partial charge is 0.0468 e. The van der Waals surface area contributed by atoms with Crippen molar-refractivity contribution in [2.24, 2.45) is 5.73 Å². The second-order valence-electron chi connectivity index (χ2n) is 4.21. The van der Waals surface area contributed by atoms with Crippen molar-refractivity contribution in [3.63, 3.8) is 0 Å². The first-order chi connectivity index (χ1) is 8.97. The number of hydrogen-bond donors (Lipinski definition) is 1. The Morgan fingerprint density at radius 3 is 2.00 bits per heavy atom. The molecular weight excluding hydrogens is 324 g/mol. The van der Waals surface area contributed by atoms with Gasteiger partial charge in [-0.2, -0.15) is 0 Å². The Morgan fingerprint density at radius 2 is 1.42 bits per heavy atom. The lowest BCUT2D eigenvalue weighted by Crippen LogP contribution is -2.14. The minimum Gasteiger partial charge on any atom is -0.324 e. The molecular formula is C14H11Cl4N. The zero-order chi connectivity index (χ0) is 14.0. The average Bonchev–Trinajstić information content (AvgIpc) is 2.32. The van der Waals surface area contributed by atoms with E-state index < -0.39 is 0 Å². The van der Waals surface area contributed by atoms with Gasteiger partial charge in [-0.15, -0.1) is 0 Å². The van der Waals surface area contributed by atoms with Crippen LogP contribution in [0.5, 0.6) is 0 Å². The molecule has 0 aliphatic rings. The van der Waals surface area contributed by atoms with E-state index in [2.05, 4.69) is 0 Å². The fourth-order valence-corrected chi connectivity index (χ4v) is 2.87. The van der Waals surface area contributed by atoms with Crippen LogP contribution in [-0.4, -0.2) is 0 Å². The van der Waals surface area contributed by atoms with E-state index in [1.54, 1.807) is 24.3 Å². The summed E-state index contributed by atoms with van der Waals surface area (Å²) in [5.41, 5.74) is 7.95. The molecule has 19 heavy (non-hydrogen) atoms. The minimum atomic E-state index is -0.247. The predicted octanol–water partition coefficient (Wildman–Crippen LogP) is 5.54. The molecule has 1 atom stereocenters. The van der Waals surface area contributed by atoms with Gasteiger partial charge >= 0.3 is 0 Å². The molecule has 0 bridgehead atoms. The van der Waals surface area contributed by atoms with Gasteiger partial charge in [-0.1, -0.05) is 58.5 Å². The Morgan fingerprint density at radius 1 is 0.842 bits per heavy atom. The summed E-state index contributed by atoms with van der Waals surface area (Å²) in [6, 6.07) is 10.4. The van der Waals surface area contributed by atoms with Crippen molar-refractivity contribution in [3.8, 4) is 0 Å². The topological polar surface area (TPSA) is 26.0 Å². The van der Waals surface area contributed by atoms with Crippen molar-refractivity contribution in [2.75, 3.05) is 0 Å². The largest absolute Gasteiger partial charge is 0.324 e. The minimum absolute atomic E-state index is 0.247. The second-order valence-corrected chi connectivity index (χ2v) is 5.90. The van der Waals surface area contributed by atoms with Crippen LogP contribution in [0.25, 0.3) is 0 Å². The maximum Gasteiger partial charge on any atom is 0.0468 e. The van der Waals surface area contributed by atoms with Crippen LogP contribution >= 0.6 is 46.4 Å². The normalized spacial score (nSPS) is 12.5. The number of halogens is 4. The van der Waals surface area contributed by atoms with E-state index in [1.807, 2.05) is 12.1 Å². The summed E-state index contributed by atoms with van der Waals surface area (Å²) in [4.78, 5) is 0. The lowest BCUT2D eigenvalue weighted by Gasteiger charge is -2.15. The van der Waals surface area contributed by atoms with Crippen LogP contribution in [0.15, 0.2) is 36.4 Å². The second kappa shape index (κ2) is 6.34. The first kappa shape index (κ1) is 15.0. The quantitative estimate of drug-likeness (QED) is 0.783. The van der Waals surface area contributed by atoms with Crippen LogP contribution in [0.4, 0.5) is 0 Å². The van der Waals surface area contributed by atoms with Gasteiger partial charge in [-0.3, -0.25) is 0 Å². The molecule has 1 unspecified atom stereocenters. The van der Waals surface area contributed by atoms with Crippen molar-refractivity contribution in [3.05, 3.63) is 67.6 Å². The molecule has 0 aliphatic carbocycles. The highest BCUT2D eigenvalue weighted by Gasteiger charge is 2.13. The summed E-state index contributed by atoms with van der Waals surface area (Å²) < 4.78 is 0. The molecule has 0 fully saturated rings. The molecule has 1 nitrogen and oxygen atoms in total. The standard InChI is InChI=1S/C14H11Cl4N/c15-9-2-1-8(12(17)6-9)5-14(19)11-4-3-10(16)7-13(11)18/h1-4,6-7,14H,5,19H2. The van der Waals surface area contributed by atoms with Crippen molar-refractivity contribution in [2.45, 2.75) is 12.5 Å². The van der Waals surface area contributed by atoms with Gasteiger partial charge in [0.25, 0.3) is 0 Å². The average molecular weight is 335 g/mol. The van der Waals surface area contributed by atoms with Gasteiger partial charge in [0.2, 0.25) is 0 Å². The number of nitrogens with two attached hydrogens (primary N) is 1. The summed E-state index contributed by atoms with van der Waals surface area (Å²) in [6.45, 7) is 0. The maximum absolute atomic E-state index is 6.17. The van der Waals surface area contributed by atoms with Crippen LogP contribution in [-0.2, 0) is 6.42 Å². The molecule has 0 saturated carbocycles. The Balaban J connectivity index is 2.23. The van der Waals surface area contributed by atoms with Crippen molar-refractivity contribution < 1.29 is 0 Å². The molecule has 0 spiro atoms. The van der Waals surface area contributed by atoms with Crippen LogP contribution in [0.3, 0.4) is 0 Å². The molecule has 0 saturated heterocycles. The van der Waals surface area contributed by atoms with Crippen LogP contribution in [0.1, 0.15) is 17.2 Å².